The van der Waals surface area contributed by atoms with E-state index in [4.69, 9.17) is 14.9 Å². The Bertz CT molecular complexity index is 259. The molecule has 0 aliphatic carbocycles. The van der Waals surface area contributed by atoms with E-state index in [-0.39, 0.29) is 25.0 Å². The highest BCUT2D eigenvalue weighted by molar-refractivity contribution is 5.74. The summed E-state index contributed by atoms with van der Waals surface area (Å²) in [5, 5.41) is 19.9. The van der Waals surface area contributed by atoms with Gasteiger partial charge in [0.05, 0.1) is 12.6 Å². The summed E-state index contributed by atoms with van der Waals surface area (Å²) < 4.78 is 4.91. The minimum absolute atomic E-state index is 0.0203. The zero-order valence-corrected chi connectivity index (χ0v) is 10.3. The molecule has 100 valence electrons. The van der Waals surface area contributed by atoms with Crippen LogP contribution in [0.15, 0.2) is 0 Å². The van der Waals surface area contributed by atoms with E-state index >= 15 is 0 Å². The number of nitrogens with zero attached hydrogens (tertiary/aromatic N) is 1. The van der Waals surface area contributed by atoms with Gasteiger partial charge in [-0.05, 0) is 6.92 Å². The second-order valence-corrected chi connectivity index (χ2v) is 3.79. The van der Waals surface area contributed by atoms with Crippen LogP contribution in [0.2, 0.25) is 0 Å². The van der Waals surface area contributed by atoms with Gasteiger partial charge >= 0.3 is 12.0 Å². The maximum atomic E-state index is 11.5. The lowest BCUT2D eigenvalue weighted by Gasteiger charge is -2.24. The summed E-state index contributed by atoms with van der Waals surface area (Å²) in [6.07, 6.45) is -1.47. The third-order valence-corrected chi connectivity index (χ3v) is 2.37. The third kappa shape index (κ3) is 6.08. The fourth-order valence-corrected chi connectivity index (χ4v) is 1.12. The van der Waals surface area contributed by atoms with Crippen molar-refractivity contribution in [2.24, 2.45) is 0 Å². The number of hydrogen-bond donors (Lipinski definition) is 3. The van der Waals surface area contributed by atoms with E-state index in [9.17, 15) is 9.59 Å². The van der Waals surface area contributed by atoms with Gasteiger partial charge in [-0.25, -0.2) is 9.59 Å². The molecule has 0 heterocycles. The van der Waals surface area contributed by atoms with Crippen LogP contribution in [0, 0.1) is 0 Å². The van der Waals surface area contributed by atoms with Crippen LogP contribution < -0.4 is 5.32 Å². The normalized spacial score (nSPS) is 13.9. The van der Waals surface area contributed by atoms with Crippen LogP contribution in [0.3, 0.4) is 0 Å². The number of ether oxygens (including phenoxy) is 1. The minimum Gasteiger partial charge on any atom is -0.479 e. The molecule has 0 saturated carbocycles. The number of carboxylic acid groups (broad SMARTS) is 1. The molecule has 0 aromatic heterocycles. The second-order valence-electron chi connectivity index (χ2n) is 3.79. The number of hydrogen-bond acceptors (Lipinski definition) is 4. The largest absolute Gasteiger partial charge is 0.479 e. The van der Waals surface area contributed by atoms with Crippen molar-refractivity contribution >= 4 is 12.0 Å². The molecule has 2 amide bonds. The van der Waals surface area contributed by atoms with E-state index < -0.39 is 12.1 Å². The van der Waals surface area contributed by atoms with Crippen LogP contribution >= 0.6 is 0 Å². The summed E-state index contributed by atoms with van der Waals surface area (Å²) in [6, 6.07) is -0.406. The lowest BCUT2D eigenvalue weighted by molar-refractivity contribution is -0.146. The number of methoxy groups -OCH3 is 1. The topological polar surface area (TPSA) is 99.1 Å². The number of urea groups is 1. The maximum absolute atomic E-state index is 11.5. The van der Waals surface area contributed by atoms with E-state index in [0.29, 0.717) is 6.61 Å². The highest BCUT2D eigenvalue weighted by atomic mass is 16.5. The number of carbonyl (C=O) groups is 2. The van der Waals surface area contributed by atoms with E-state index in [1.165, 1.54) is 4.90 Å². The van der Waals surface area contributed by atoms with Crippen LogP contribution in [0.4, 0.5) is 4.79 Å². The number of amides is 2. The van der Waals surface area contributed by atoms with E-state index in [0.717, 1.165) is 0 Å². The van der Waals surface area contributed by atoms with Gasteiger partial charge in [-0.2, -0.15) is 0 Å². The molecule has 2 unspecified atom stereocenters. The van der Waals surface area contributed by atoms with Crippen molar-refractivity contribution in [3.05, 3.63) is 0 Å². The van der Waals surface area contributed by atoms with Crippen LogP contribution in [0.1, 0.15) is 13.3 Å². The van der Waals surface area contributed by atoms with Gasteiger partial charge in [0.15, 0.2) is 6.10 Å². The first-order valence-corrected chi connectivity index (χ1v) is 5.30. The van der Waals surface area contributed by atoms with E-state index in [1.807, 2.05) is 6.92 Å². The molecule has 17 heavy (non-hydrogen) atoms. The Kier molecular flexibility index (Phi) is 7.24. The Morgan fingerprint density at radius 1 is 1.47 bits per heavy atom. The van der Waals surface area contributed by atoms with Gasteiger partial charge in [-0.1, -0.05) is 0 Å². The lowest BCUT2D eigenvalue weighted by Crippen LogP contribution is -2.45. The number of aliphatic hydroxyl groups is 1. The van der Waals surface area contributed by atoms with Gasteiger partial charge in [0.1, 0.15) is 0 Å². The molecule has 0 rings (SSSR count). The van der Waals surface area contributed by atoms with Gasteiger partial charge in [-0.3, -0.25) is 0 Å². The molecule has 0 spiro atoms. The van der Waals surface area contributed by atoms with Gasteiger partial charge in [0, 0.05) is 27.1 Å². The molecule has 3 N–H and O–H groups in total. The molecule has 0 saturated heterocycles. The van der Waals surface area contributed by atoms with Crippen molar-refractivity contribution in [2.45, 2.75) is 25.5 Å². The molecular formula is C10H20N2O5. The molecule has 0 aliphatic heterocycles. The Balaban J connectivity index is 3.89. The number of likely N-dealkylation sites (N-methyl/N-ethyl adjacent to an activating group) is 1. The minimum atomic E-state index is -1.45. The van der Waals surface area contributed by atoms with E-state index in [1.54, 1.807) is 14.2 Å². The Morgan fingerprint density at radius 2 is 2.06 bits per heavy atom. The average Bonchev–Trinajstić information content (AvgIpc) is 2.27. The predicted octanol–water partition coefficient (Wildman–Crippen LogP) is -0.502. The number of carboxylic acids is 1. The molecular weight excluding hydrogens is 228 g/mol. The van der Waals surface area contributed by atoms with Crippen LogP contribution in [-0.2, 0) is 9.53 Å². The first kappa shape index (κ1) is 15.7. The third-order valence-electron chi connectivity index (χ3n) is 2.37. The average molecular weight is 248 g/mol. The van der Waals surface area contributed by atoms with Crippen molar-refractivity contribution in [3.63, 3.8) is 0 Å². The number of carbonyl (C=O) groups excluding carboxylic acids is 1. The molecule has 0 aromatic carbocycles. The SMILES string of the molecule is COCC(C)N(C)C(=O)NCCC(O)C(=O)O. The molecule has 7 nitrogen and oxygen atoms in total. The van der Waals surface area contributed by atoms with Crippen molar-refractivity contribution in [1.29, 1.82) is 0 Å². The fraction of sp³-hybridized carbons (Fsp3) is 0.800. The van der Waals surface area contributed by atoms with Crippen molar-refractivity contribution < 1.29 is 24.5 Å². The smallest absolute Gasteiger partial charge is 0.332 e. The zero-order valence-electron chi connectivity index (χ0n) is 10.3. The van der Waals surface area contributed by atoms with Gasteiger partial charge < -0.3 is 25.2 Å². The summed E-state index contributed by atoms with van der Waals surface area (Å²) in [5.41, 5.74) is 0. The monoisotopic (exact) mass is 248 g/mol. The highest BCUT2D eigenvalue weighted by Gasteiger charge is 2.17. The predicted molar refractivity (Wildman–Crippen MR) is 60.8 cm³/mol. The quantitative estimate of drug-likeness (QED) is 0.564. The van der Waals surface area contributed by atoms with Crippen LogP contribution in [-0.4, -0.2) is 66.6 Å². The van der Waals surface area contributed by atoms with Crippen molar-refractivity contribution in [2.75, 3.05) is 27.3 Å². The molecule has 0 fully saturated rings. The summed E-state index contributed by atoms with van der Waals surface area (Å²) in [7, 11) is 3.16. The summed E-state index contributed by atoms with van der Waals surface area (Å²) >= 11 is 0. The van der Waals surface area contributed by atoms with E-state index in [2.05, 4.69) is 5.32 Å². The van der Waals surface area contributed by atoms with Crippen LogP contribution in [0.25, 0.3) is 0 Å². The van der Waals surface area contributed by atoms with Gasteiger partial charge in [-0.15, -0.1) is 0 Å². The second kappa shape index (κ2) is 7.86. The van der Waals surface area contributed by atoms with Crippen molar-refractivity contribution in [3.8, 4) is 0 Å². The van der Waals surface area contributed by atoms with Crippen LogP contribution in [0.5, 0.6) is 0 Å². The Labute approximate surface area is 100 Å². The maximum Gasteiger partial charge on any atom is 0.332 e. The summed E-state index contributed by atoms with van der Waals surface area (Å²) in [5.74, 6) is -1.29. The Morgan fingerprint density at radius 3 is 2.53 bits per heavy atom. The molecule has 2 atom stereocenters. The number of aliphatic hydroxyl groups excluding tert-OH is 1. The first-order chi connectivity index (χ1) is 7.90. The number of nitrogens with one attached hydrogen (secondary N) is 1. The summed E-state index contributed by atoms with van der Waals surface area (Å²) in [6.45, 7) is 2.35. The first-order valence-electron chi connectivity index (χ1n) is 5.30. The lowest BCUT2D eigenvalue weighted by atomic mass is 10.2. The standard InChI is InChI=1S/C10H20N2O5/c1-7(6-17-3)12(2)10(16)11-5-4-8(13)9(14)15/h7-8,13H,4-6H2,1-3H3,(H,11,16)(H,14,15). The van der Waals surface area contributed by atoms with Crippen molar-refractivity contribution in [1.82, 2.24) is 10.2 Å². The highest BCUT2D eigenvalue weighted by Crippen LogP contribution is 1.97. The number of rotatable bonds is 7. The molecule has 0 aliphatic rings. The van der Waals surface area contributed by atoms with Gasteiger partial charge in [0.2, 0.25) is 0 Å². The molecule has 7 heteroatoms. The molecule has 0 bridgehead atoms. The molecule has 0 radical (unpaired) electrons. The zero-order chi connectivity index (χ0) is 13.4. The van der Waals surface area contributed by atoms with Gasteiger partial charge in [0.25, 0.3) is 0 Å². The Hall–Kier alpha value is -1.34. The molecule has 0 aromatic rings. The fourth-order valence-electron chi connectivity index (χ4n) is 1.12. The number of aliphatic carboxylic acids is 1. The summed E-state index contributed by atoms with van der Waals surface area (Å²) in [4.78, 5) is 23.3.